The van der Waals surface area contributed by atoms with Crippen molar-refractivity contribution in [1.82, 2.24) is 5.32 Å². The number of halogens is 1. The van der Waals surface area contributed by atoms with Gasteiger partial charge in [0.25, 0.3) is 0 Å². The maximum absolute atomic E-state index is 6.28. The van der Waals surface area contributed by atoms with Crippen molar-refractivity contribution < 1.29 is 0 Å². The molecule has 2 aromatic rings. The third-order valence-corrected chi connectivity index (χ3v) is 4.87. The second-order valence-corrected chi connectivity index (χ2v) is 6.21. The van der Waals surface area contributed by atoms with E-state index in [-0.39, 0.29) is 0 Å². The summed E-state index contributed by atoms with van der Waals surface area (Å²) >= 11 is 8.10. The van der Waals surface area contributed by atoms with Gasteiger partial charge in [-0.05, 0) is 41.2 Å². The van der Waals surface area contributed by atoms with Crippen molar-refractivity contribution >= 4 is 33.0 Å². The van der Waals surface area contributed by atoms with Crippen LogP contribution < -0.4 is 5.32 Å². The second-order valence-electron chi connectivity index (χ2n) is 4.74. The van der Waals surface area contributed by atoms with Crippen LogP contribution in [0.1, 0.15) is 18.4 Å². The van der Waals surface area contributed by atoms with Crippen LogP contribution in [0.2, 0.25) is 0 Å². The number of benzene rings is 1. The van der Waals surface area contributed by atoms with E-state index in [1.807, 2.05) is 11.3 Å². The van der Waals surface area contributed by atoms with Crippen LogP contribution in [0.25, 0.3) is 10.1 Å². The van der Waals surface area contributed by atoms with Gasteiger partial charge in [-0.25, -0.2) is 0 Å². The molecule has 1 N–H and O–H groups in total. The predicted molar refractivity (Wildman–Crippen MR) is 75.9 cm³/mol. The molecule has 1 heterocycles. The Morgan fingerprint density at radius 1 is 1.35 bits per heavy atom. The van der Waals surface area contributed by atoms with Crippen molar-refractivity contribution in [3.63, 3.8) is 0 Å². The van der Waals surface area contributed by atoms with Crippen LogP contribution in [0.5, 0.6) is 0 Å². The SMILES string of the molecule is ClC(CNCc1csc2ccccc12)C1CC1. The maximum Gasteiger partial charge on any atom is 0.0488 e. The lowest BCUT2D eigenvalue weighted by Gasteiger charge is -2.09. The molecule has 0 spiro atoms. The molecule has 1 aromatic heterocycles. The van der Waals surface area contributed by atoms with Crippen molar-refractivity contribution in [2.75, 3.05) is 6.54 Å². The summed E-state index contributed by atoms with van der Waals surface area (Å²) in [5.74, 6) is 0.767. The molecule has 1 unspecified atom stereocenters. The Morgan fingerprint density at radius 3 is 3.00 bits per heavy atom. The van der Waals surface area contributed by atoms with Gasteiger partial charge < -0.3 is 5.32 Å². The molecule has 1 saturated carbocycles. The minimum Gasteiger partial charge on any atom is -0.311 e. The summed E-state index contributed by atoms with van der Waals surface area (Å²) in [6, 6.07) is 8.57. The number of rotatable bonds is 5. The van der Waals surface area contributed by atoms with Gasteiger partial charge in [-0.15, -0.1) is 22.9 Å². The Labute approximate surface area is 111 Å². The van der Waals surface area contributed by atoms with E-state index in [4.69, 9.17) is 11.6 Å². The second kappa shape index (κ2) is 4.97. The first-order valence-electron chi connectivity index (χ1n) is 6.14. The van der Waals surface area contributed by atoms with Crippen molar-refractivity contribution in [2.45, 2.75) is 24.8 Å². The van der Waals surface area contributed by atoms with E-state index in [9.17, 15) is 0 Å². The Bertz CT molecular complexity index is 504. The number of hydrogen-bond donors (Lipinski definition) is 1. The molecule has 1 fully saturated rings. The van der Waals surface area contributed by atoms with E-state index in [0.717, 1.165) is 19.0 Å². The average Bonchev–Trinajstić information content (AvgIpc) is 3.12. The lowest BCUT2D eigenvalue weighted by molar-refractivity contribution is 0.622. The normalized spacial score (nSPS) is 17.5. The molecule has 90 valence electrons. The van der Waals surface area contributed by atoms with Gasteiger partial charge in [0.05, 0.1) is 0 Å². The quantitative estimate of drug-likeness (QED) is 0.806. The lowest BCUT2D eigenvalue weighted by atomic mass is 10.2. The molecule has 1 aromatic carbocycles. The fraction of sp³-hybridized carbons (Fsp3) is 0.429. The Balaban J connectivity index is 1.60. The highest BCUT2D eigenvalue weighted by atomic mass is 35.5. The fourth-order valence-electron chi connectivity index (χ4n) is 2.14. The highest BCUT2D eigenvalue weighted by Crippen LogP contribution is 2.35. The molecule has 3 rings (SSSR count). The Hall–Kier alpha value is -0.570. The first-order valence-corrected chi connectivity index (χ1v) is 7.46. The number of thiophene rings is 1. The Kier molecular flexibility index (Phi) is 3.37. The van der Waals surface area contributed by atoms with Crippen LogP contribution in [-0.2, 0) is 6.54 Å². The van der Waals surface area contributed by atoms with E-state index < -0.39 is 0 Å². The largest absolute Gasteiger partial charge is 0.311 e. The minimum atomic E-state index is 0.319. The molecule has 0 aliphatic heterocycles. The molecule has 0 amide bonds. The van der Waals surface area contributed by atoms with E-state index in [2.05, 4.69) is 35.0 Å². The molecule has 1 aliphatic rings. The van der Waals surface area contributed by atoms with Gasteiger partial charge in [0.2, 0.25) is 0 Å². The van der Waals surface area contributed by atoms with Crippen molar-refractivity contribution in [3.8, 4) is 0 Å². The highest BCUT2D eigenvalue weighted by molar-refractivity contribution is 7.17. The zero-order valence-corrected chi connectivity index (χ0v) is 11.2. The molecule has 17 heavy (non-hydrogen) atoms. The highest BCUT2D eigenvalue weighted by Gasteiger charge is 2.29. The lowest BCUT2D eigenvalue weighted by Crippen LogP contribution is -2.23. The zero-order valence-electron chi connectivity index (χ0n) is 9.66. The number of alkyl halides is 1. The molecule has 0 radical (unpaired) electrons. The van der Waals surface area contributed by atoms with Crippen molar-refractivity contribution in [1.29, 1.82) is 0 Å². The number of nitrogens with one attached hydrogen (secondary N) is 1. The average molecular weight is 266 g/mol. The minimum absolute atomic E-state index is 0.319. The van der Waals surface area contributed by atoms with Gasteiger partial charge in [0, 0.05) is 23.2 Å². The zero-order chi connectivity index (χ0) is 11.7. The van der Waals surface area contributed by atoms with Crippen molar-refractivity contribution in [2.24, 2.45) is 5.92 Å². The monoisotopic (exact) mass is 265 g/mol. The summed E-state index contributed by atoms with van der Waals surface area (Å²) in [4.78, 5) is 0. The number of fused-ring (bicyclic) bond motifs is 1. The molecule has 0 bridgehead atoms. The van der Waals surface area contributed by atoms with Crippen LogP contribution in [-0.4, -0.2) is 11.9 Å². The molecular formula is C14H16ClNS. The van der Waals surface area contributed by atoms with Gasteiger partial charge in [-0.3, -0.25) is 0 Å². The van der Waals surface area contributed by atoms with Crippen LogP contribution in [0.3, 0.4) is 0 Å². The third-order valence-electron chi connectivity index (χ3n) is 3.35. The third kappa shape index (κ3) is 2.65. The van der Waals surface area contributed by atoms with Gasteiger partial charge >= 0.3 is 0 Å². The van der Waals surface area contributed by atoms with Gasteiger partial charge in [0.15, 0.2) is 0 Å². The summed E-state index contributed by atoms with van der Waals surface area (Å²) in [7, 11) is 0. The first-order chi connectivity index (χ1) is 8.34. The number of hydrogen-bond acceptors (Lipinski definition) is 2. The summed E-state index contributed by atoms with van der Waals surface area (Å²) < 4.78 is 1.37. The summed E-state index contributed by atoms with van der Waals surface area (Å²) in [5.41, 5.74) is 1.39. The van der Waals surface area contributed by atoms with Crippen LogP contribution in [0.15, 0.2) is 29.6 Å². The van der Waals surface area contributed by atoms with E-state index in [1.165, 1.54) is 28.5 Å². The summed E-state index contributed by atoms with van der Waals surface area (Å²) in [5, 5.41) is 7.42. The Morgan fingerprint density at radius 2 is 2.18 bits per heavy atom. The standard InChI is InChI=1S/C14H16ClNS/c15-13(10-5-6-10)8-16-7-11-9-17-14-4-2-1-3-12(11)14/h1-4,9-10,13,16H,5-8H2. The van der Waals surface area contributed by atoms with Gasteiger partial charge in [0.1, 0.15) is 0 Å². The molecular weight excluding hydrogens is 250 g/mol. The topological polar surface area (TPSA) is 12.0 Å². The fourth-order valence-corrected chi connectivity index (χ4v) is 3.46. The van der Waals surface area contributed by atoms with Crippen LogP contribution in [0.4, 0.5) is 0 Å². The maximum atomic E-state index is 6.28. The van der Waals surface area contributed by atoms with Gasteiger partial charge in [-0.2, -0.15) is 0 Å². The molecule has 1 nitrogen and oxygen atoms in total. The van der Waals surface area contributed by atoms with Crippen LogP contribution in [0, 0.1) is 5.92 Å². The summed E-state index contributed by atoms with van der Waals surface area (Å²) in [6.07, 6.45) is 2.63. The summed E-state index contributed by atoms with van der Waals surface area (Å²) in [6.45, 7) is 1.86. The molecule has 1 atom stereocenters. The predicted octanol–water partition coefficient (Wildman–Crippen LogP) is 4.01. The van der Waals surface area contributed by atoms with Crippen molar-refractivity contribution in [3.05, 3.63) is 35.2 Å². The molecule has 3 heteroatoms. The molecule has 0 saturated heterocycles. The van der Waals surface area contributed by atoms with Crippen LogP contribution >= 0.6 is 22.9 Å². The van der Waals surface area contributed by atoms with E-state index >= 15 is 0 Å². The van der Waals surface area contributed by atoms with E-state index in [0.29, 0.717) is 5.38 Å². The van der Waals surface area contributed by atoms with Gasteiger partial charge in [-0.1, -0.05) is 18.2 Å². The smallest absolute Gasteiger partial charge is 0.0488 e. The molecule has 1 aliphatic carbocycles. The first kappa shape index (κ1) is 11.5. The van der Waals surface area contributed by atoms with E-state index in [1.54, 1.807) is 0 Å².